The Labute approximate surface area is 143 Å². The van der Waals surface area contributed by atoms with Gasteiger partial charge in [0.1, 0.15) is 11.6 Å². The fraction of sp³-hybridized carbons (Fsp3) is 0.556. The largest absolute Gasteiger partial charge is 0.444 e. The molecule has 0 aromatic heterocycles. The smallest absolute Gasteiger partial charge is 0.410 e. The number of carbonyl (C=O) groups is 2. The van der Waals surface area contributed by atoms with E-state index in [4.69, 9.17) is 4.74 Å². The monoisotopic (exact) mass is 333 g/mol. The summed E-state index contributed by atoms with van der Waals surface area (Å²) in [6.07, 6.45) is 1.02. The van der Waals surface area contributed by atoms with E-state index in [2.05, 4.69) is 5.32 Å². The topological polar surface area (TPSA) is 61.9 Å². The molecule has 24 heavy (non-hydrogen) atoms. The first-order valence-electron chi connectivity index (χ1n) is 8.25. The number of anilines is 2. The normalized spacial score (nSPS) is 17.5. The molecule has 0 bridgehead atoms. The summed E-state index contributed by atoms with van der Waals surface area (Å²) < 4.78 is 5.40. The first-order valence-corrected chi connectivity index (χ1v) is 8.25. The molecule has 0 saturated carbocycles. The van der Waals surface area contributed by atoms with Crippen molar-refractivity contribution < 1.29 is 14.3 Å². The van der Waals surface area contributed by atoms with Crippen molar-refractivity contribution in [3.8, 4) is 0 Å². The summed E-state index contributed by atoms with van der Waals surface area (Å²) in [5.41, 5.74) is 1.16. The Balaban J connectivity index is 2.05. The van der Waals surface area contributed by atoms with Crippen LogP contribution in [-0.2, 0) is 9.53 Å². The second-order valence-electron chi connectivity index (χ2n) is 7.27. The molecule has 1 aromatic carbocycles. The molecule has 1 fully saturated rings. The van der Waals surface area contributed by atoms with Gasteiger partial charge in [0.25, 0.3) is 0 Å². The molecule has 0 unspecified atom stereocenters. The van der Waals surface area contributed by atoms with E-state index in [9.17, 15) is 9.59 Å². The summed E-state index contributed by atoms with van der Waals surface area (Å²) in [5, 5.41) is 2.91. The highest BCUT2D eigenvalue weighted by Crippen LogP contribution is 2.23. The SMILES string of the molecule is CN(C)c1cccc(NC(=O)[C@H]2CCCN2C(=O)OC(C)(C)C)c1. The van der Waals surface area contributed by atoms with Crippen LogP contribution in [0.15, 0.2) is 24.3 Å². The third-order valence-electron chi connectivity index (χ3n) is 3.81. The second kappa shape index (κ2) is 7.11. The fourth-order valence-corrected chi connectivity index (χ4v) is 2.67. The molecule has 1 aromatic rings. The number of likely N-dealkylation sites (tertiary alicyclic amines) is 1. The Kier molecular flexibility index (Phi) is 5.36. The number of hydrogen-bond acceptors (Lipinski definition) is 4. The van der Waals surface area contributed by atoms with Crippen LogP contribution in [0.5, 0.6) is 0 Å². The van der Waals surface area contributed by atoms with Gasteiger partial charge in [-0.15, -0.1) is 0 Å². The molecule has 6 heteroatoms. The third-order valence-corrected chi connectivity index (χ3v) is 3.81. The van der Waals surface area contributed by atoms with E-state index in [0.717, 1.165) is 17.8 Å². The average Bonchev–Trinajstić information content (AvgIpc) is 2.95. The van der Waals surface area contributed by atoms with Crippen molar-refractivity contribution in [2.24, 2.45) is 0 Å². The van der Waals surface area contributed by atoms with Gasteiger partial charge in [0.2, 0.25) is 5.91 Å². The molecule has 1 aliphatic rings. The van der Waals surface area contributed by atoms with Crippen LogP contribution in [0.2, 0.25) is 0 Å². The highest BCUT2D eigenvalue weighted by Gasteiger charge is 2.36. The number of rotatable bonds is 3. The van der Waals surface area contributed by atoms with E-state index in [0.29, 0.717) is 13.0 Å². The summed E-state index contributed by atoms with van der Waals surface area (Å²) in [6, 6.07) is 7.13. The van der Waals surface area contributed by atoms with Crippen molar-refractivity contribution >= 4 is 23.4 Å². The third kappa shape index (κ3) is 4.63. The van der Waals surface area contributed by atoms with Crippen molar-refractivity contribution in [1.29, 1.82) is 0 Å². The van der Waals surface area contributed by atoms with E-state index in [1.807, 2.05) is 64.0 Å². The van der Waals surface area contributed by atoms with Gasteiger partial charge in [0.15, 0.2) is 0 Å². The maximum absolute atomic E-state index is 12.6. The number of hydrogen-bond donors (Lipinski definition) is 1. The minimum atomic E-state index is -0.569. The number of nitrogens with one attached hydrogen (secondary N) is 1. The molecular formula is C18H27N3O3. The molecule has 6 nitrogen and oxygen atoms in total. The molecule has 132 valence electrons. The van der Waals surface area contributed by atoms with Gasteiger partial charge in [-0.05, 0) is 51.8 Å². The van der Waals surface area contributed by atoms with E-state index in [1.54, 1.807) is 0 Å². The predicted octanol–water partition coefficient (Wildman–Crippen LogP) is 3.09. The molecule has 1 atom stereocenters. The van der Waals surface area contributed by atoms with Gasteiger partial charge in [0, 0.05) is 32.0 Å². The quantitative estimate of drug-likeness (QED) is 0.923. The molecule has 0 aliphatic carbocycles. The van der Waals surface area contributed by atoms with E-state index >= 15 is 0 Å². The summed E-state index contributed by atoms with van der Waals surface area (Å²) in [6.45, 7) is 6.01. The zero-order valence-electron chi connectivity index (χ0n) is 15.1. The lowest BCUT2D eigenvalue weighted by atomic mass is 10.2. The lowest BCUT2D eigenvalue weighted by Gasteiger charge is -2.28. The predicted molar refractivity (Wildman–Crippen MR) is 95.4 cm³/mol. The first kappa shape index (κ1) is 18.1. The van der Waals surface area contributed by atoms with Crippen LogP contribution in [0.1, 0.15) is 33.6 Å². The standard InChI is InChI=1S/C18H27N3O3/c1-18(2,3)24-17(23)21-11-7-10-15(21)16(22)19-13-8-6-9-14(12-13)20(4)5/h6,8-9,12,15H,7,10-11H2,1-5H3,(H,19,22)/t15-/m1/s1. The highest BCUT2D eigenvalue weighted by atomic mass is 16.6. The van der Waals surface area contributed by atoms with E-state index in [-0.39, 0.29) is 5.91 Å². The van der Waals surface area contributed by atoms with Gasteiger partial charge in [-0.1, -0.05) is 6.07 Å². The summed E-state index contributed by atoms with van der Waals surface area (Å²) in [5.74, 6) is -0.172. The molecule has 0 spiro atoms. The highest BCUT2D eigenvalue weighted by molar-refractivity contribution is 5.97. The summed E-state index contributed by atoms with van der Waals surface area (Å²) >= 11 is 0. The first-order chi connectivity index (χ1) is 11.2. The fourth-order valence-electron chi connectivity index (χ4n) is 2.67. The molecule has 2 amide bonds. The lowest BCUT2D eigenvalue weighted by molar-refractivity contribution is -0.120. The molecule has 2 rings (SSSR count). The average molecular weight is 333 g/mol. The number of amides is 2. The van der Waals surface area contributed by atoms with Crippen molar-refractivity contribution in [3.63, 3.8) is 0 Å². The van der Waals surface area contributed by atoms with Crippen molar-refractivity contribution in [3.05, 3.63) is 24.3 Å². The molecule has 1 N–H and O–H groups in total. The van der Waals surface area contributed by atoms with Crippen LogP contribution in [0.25, 0.3) is 0 Å². The van der Waals surface area contributed by atoms with Crippen LogP contribution in [0.4, 0.5) is 16.2 Å². The molecule has 1 heterocycles. The number of nitrogens with zero attached hydrogens (tertiary/aromatic N) is 2. The van der Waals surface area contributed by atoms with Crippen molar-refractivity contribution in [2.45, 2.75) is 45.3 Å². The van der Waals surface area contributed by atoms with Crippen LogP contribution in [0.3, 0.4) is 0 Å². The zero-order valence-corrected chi connectivity index (χ0v) is 15.1. The van der Waals surface area contributed by atoms with Gasteiger partial charge in [-0.3, -0.25) is 9.69 Å². The Bertz CT molecular complexity index is 608. The molecule has 0 radical (unpaired) electrons. The number of carbonyl (C=O) groups excluding carboxylic acids is 2. The van der Waals surface area contributed by atoms with Gasteiger partial charge in [-0.2, -0.15) is 0 Å². The molecular weight excluding hydrogens is 306 g/mol. The summed E-state index contributed by atoms with van der Waals surface area (Å²) in [7, 11) is 3.89. The van der Waals surface area contributed by atoms with Crippen LogP contribution in [-0.4, -0.2) is 49.2 Å². The maximum atomic E-state index is 12.6. The van der Waals surface area contributed by atoms with Crippen LogP contribution in [0, 0.1) is 0 Å². The molecule has 1 saturated heterocycles. The second-order valence-corrected chi connectivity index (χ2v) is 7.27. The number of benzene rings is 1. The van der Waals surface area contributed by atoms with E-state index in [1.165, 1.54) is 4.90 Å². The lowest BCUT2D eigenvalue weighted by Crippen LogP contribution is -2.45. The van der Waals surface area contributed by atoms with Gasteiger partial charge < -0.3 is 15.0 Å². The minimum Gasteiger partial charge on any atom is -0.444 e. The number of ether oxygens (including phenoxy) is 1. The summed E-state index contributed by atoms with van der Waals surface area (Å²) in [4.78, 5) is 28.4. The van der Waals surface area contributed by atoms with Gasteiger partial charge in [0.05, 0.1) is 0 Å². The Morgan fingerprint density at radius 2 is 2.00 bits per heavy atom. The van der Waals surface area contributed by atoms with Crippen LogP contribution >= 0.6 is 0 Å². The van der Waals surface area contributed by atoms with Crippen LogP contribution < -0.4 is 10.2 Å². The molecule has 1 aliphatic heterocycles. The van der Waals surface area contributed by atoms with Crippen molar-refractivity contribution in [1.82, 2.24) is 4.90 Å². The van der Waals surface area contributed by atoms with Gasteiger partial charge >= 0.3 is 6.09 Å². The van der Waals surface area contributed by atoms with Gasteiger partial charge in [-0.25, -0.2) is 4.79 Å². The van der Waals surface area contributed by atoms with Crippen molar-refractivity contribution in [2.75, 3.05) is 30.9 Å². The Hall–Kier alpha value is -2.24. The minimum absolute atomic E-state index is 0.172. The maximum Gasteiger partial charge on any atom is 0.410 e. The Morgan fingerprint density at radius 1 is 1.29 bits per heavy atom. The van der Waals surface area contributed by atoms with E-state index < -0.39 is 17.7 Å². The Morgan fingerprint density at radius 3 is 2.62 bits per heavy atom. The zero-order chi connectivity index (χ0) is 17.9.